The van der Waals surface area contributed by atoms with Gasteiger partial charge in [-0.15, -0.1) is 0 Å². The molecule has 0 unspecified atom stereocenters. The van der Waals surface area contributed by atoms with Gasteiger partial charge in [0.2, 0.25) is 0 Å². The van der Waals surface area contributed by atoms with Gasteiger partial charge in [0.15, 0.2) is 0 Å². The lowest BCUT2D eigenvalue weighted by molar-refractivity contribution is 0.185. The first-order chi connectivity index (χ1) is 8.22. The molecule has 0 bridgehead atoms. The first-order valence-corrected chi connectivity index (χ1v) is 5.93. The molecule has 2 aromatic carbocycles. The average Bonchev–Trinajstić information content (AvgIpc) is 2.30. The summed E-state index contributed by atoms with van der Waals surface area (Å²) in [7, 11) is 1.70. The van der Waals surface area contributed by atoms with E-state index in [4.69, 9.17) is 16.3 Å². The molecule has 0 heterocycles. The van der Waals surface area contributed by atoms with Gasteiger partial charge in [-0.1, -0.05) is 41.9 Å². The van der Waals surface area contributed by atoms with Crippen molar-refractivity contribution >= 4 is 11.6 Å². The summed E-state index contributed by atoms with van der Waals surface area (Å²) in [6.45, 7) is 2.70. The van der Waals surface area contributed by atoms with Crippen molar-refractivity contribution in [2.45, 2.75) is 13.5 Å². The second-order valence-electron chi connectivity index (χ2n) is 4.07. The zero-order valence-corrected chi connectivity index (χ0v) is 10.8. The summed E-state index contributed by atoms with van der Waals surface area (Å²) >= 11 is 6.26. The van der Waals surface area contributed by atoms with Crippen molar-refractivity contribution in [2.75, 3.05) is 7.11 Å². The molecule has 0 spiro atoms. The fourth-order valence-electron chi connectivity index (χ4n) is 1.98. The topological polar surface area (TPSA) is 9.23 Å². The number of hydrogen-bond acceptors (Lipinski definition) is 1. The van der Waals surface area contributed by atoms with Crippen molar-refractivity contribution in [1.82, 2.24) is 0 Å². The lowest BCUT2D eigenvalue weighted by Crippen LogP contribution is -1.90. The van der Waals surface area contributed by atoms with Crippen LogP contribution in [0.3, 0.4) is 0 Å². The van der Waals surface area contributed by atoms with Gasteiger partial charge in [-0.05, 0) is 35.7 Å². The SMILES string of the molecule is COCc1cccc(-c2c(C)cccc2Cl)c1. The highest BCUT2D eigenvalue weighted by molar-refractivity contribution is 6.33. The van der Waals surface area contributed by atoms with Crippen molar-refractivity contribution in [1.29, 1.82) is 0 Å². The van der Waals surface area contributed by atoms with Crippen LogP contribution in [0.2, 0.25) is 5.02 Å². The highest BCUT2D eigenvalue weighted by atomic mass is 35.5. The molecule has 0 aliphatic heterocycles. The van der Waals surface area contributed by atoms with Crippen molar-refractivity contribution in [2.24, 2.45) is 0 Å². The molecule has 0 radical (unpaired) electrons. The largest absolute Gasteiger partial charge is 0.380 e. The third-order valence-corrected chi connectivity index (χ3v) is 3.06. The van der Waals surface area contributed by atoms with Crippen LogP contribution in [0.5, 0.6) is 0 Å². The van der Waals surface area contributed by atoms with Crippen LogP contribution in [0.25, 0.3) is 11.1 Å². The lowest BCUT2D eigenvalue weighted by Gasteiger charge is -2.10. The second kappa shape index (κ2) is 5.35. The van der Waals surface area contributed by atoms with Crippen molar-refractivity contribution in [3.05, 3.63) is 58.6 Å². The first kappa shape index (κ1) is 12.2. The number of hydrogen-bond donors (Lipinski definition) is 0. The van der Waals surface area contributed by atoms with E-state index < -0.39 is 0 Å². The Morgan fingerprint density at radius 3 is 2.59 bits per heavy atom. The van der Waals surface area contributed by atoms with E-state index in [-0.39, 0.29) is 0 Å². The average molecular weight is 247 g/mol. The van der Waals surface area contributed by atoms with E-state index in [0.29, 0.717) is 6.61 Å². The molecule has 2 rings (SSSR count). The second-order valence-corrected chi connectivity index (χ2v) is 4.47. The highest BCUT2D eigenvalue weighted by Crippen LogP contribution is 2.31. The Kier molecular flexibility index (Phi) is 3.82. The van der Waals surface area contributed by atoms with Gasteiger partial charge in [-0.2, -0.15) is 0 Å². The Bertz CT molecular complexity index is 500. The van der Waals surface area contributed by atoms with Crippen LogP contribution in [-0.2, 0) is 11.3 Å². The number of ether oxygens (including phenoxy) is 1. The monoisotopic (exact) mass is 246 g/mol. The summed E-state index contributed by atoms with van der Waals surface area (Å²) < 4.78 is 5.15. The summed E-state index contributed by atoms with van der Waals surface area (Å²) in [5.41, 5.74) is 4.59. The Morgan fingerprint density at radius 1 is 1.12 bits per heavy atom. The van der Waals surface area contributed by atoms with Gasteiger partial charge in [-0.3, -0.25) is 0 Å². The molecule has 0 saturated heterocycles. The minimum atomic E-state index is 0.622. The molecule has 0 aliphatic carbocycles. The summed E-state index contributed by atoms with van der Waals surface area (Å²) in [6, 6.07) is 14.3. The van der Waals surface area contributed by atoms with E-state index in [0.717, 1.165) is 21.7 Å². The van der Waals surface area contributed by atoms with E-state index in [1.54, 1.807) is 7.11 Å². The van der Waals surface area contributed by atoms with Crippen LogP contribution >= 0.6 is 11.6 Å². The number of methoxy groups -OCH3 is 1. The Balaban J connectivity index is 2.49. The molecule has 0 N–H and O–H groups in total. The summed E-state index contributed by atoms with van der Waals surface area (Å²) in [4.78, 5) is 0. The number of rotatable bonds is 3. The van der Waals surface area contributed by atoms with Gasteiger partial charge in [-0.25, -0.2) is 0 Å². The molecule has 0 amide bonds. The summed E-state index contributed by atoms with van der Waals surface area (Å²) in [5, 5.41) is 0.791. The quantitative estimate of drug-likeness (QED) is 0.777. The zero-order chi connectivity index (χ0) is 12.3. The molecule has 1 nitrogen and oxygen atoms in total. The minimum Gasteiger partial charge on any atom is -0.380 e. The molecule has 2 heteroatoms. The Labute approximate surface area is 107 Å². The lowest BCUT2D eigenvalue weighted by atomic mass is 9.99. The zero-order valence-electron chi connectivity index (χ0n) is 10.0. The number of benzene rings is 2. The summed E-state index contributed by atoms with van der Waals surface area (Å²) in [5.74, 6) is 0. The maximum Gasteiger partial charge on any atom is 0.0713 e. The first-order valence-electron chi connectivity index (χ1n) is 5.55. The van der Waals surface area contributed by atoms with Crippen LogP contribution in [0.4, 0.5) is 0 Å². The molecular weight excluding hydrogens is 232 g/mol. The molecule has 0 saturated carbocycles. The van der Waals surface area contributed by atoms with Gasteiger partial charge < -0.3 is 4.74 Å². The fourth-order valence-corrected chi connectivity index (χ4v) is 2.31. The Hall–Kier alpha value is -1.31. The molecule has 0 aromatic heterocycles. The van der Waals surface area contributed by atoms with Gasteiger partial charge in [0.05, 0.1) is 6.61 Å². The minimum absolute atomic E-state index is 0.622. The molecule has 0 fully saturated rings. The predicted molar refractivity (Wildman–Crippen MR) is 72.3 cm³/mol. The van der Waals surface area contributed by atoms with Crippen molar-refractivity contribution in [3.63, 3.8) is 0 Å². The molecule has 2 aromatic rings. The van der Waals surface area contributed by atoms with Gasteiger partial charge >= 0.3 is 0 Å². The number of aryl methyl sites for hydroxylation is 1. The van der Waals surface area contributed by atoms with Crippen LogP contribution in [0, 0.1) is 6.92 Å². The van der Waals surface area contributed by atoms with E-state index >= 15 is 0 Å². The van der Waals surface area contributed by atoms with E-state index in [1.165, 1.54) is 5.56 Å². The van der Waals surface area contributed by atoms with Crippen LogP contribution < -0.4 is 0 Å². The molecule has 17 heavy (non-hydrogen) atoms. The standard InChI is InChI=1S/C15H15ClO/c1-11-5-3-8-14(16)15(11)13-7-4-6-12(9-13)10-17-2/h3-9H,10H2,1-2H3. The van der Waals surface area contributed by atoms with Gasteiger partial charge in [0.1, 0.15) is 0 Å². The van der Waals surface area contributed by atoms with Gasteiger partial charge in [0, 0.05) is 17.7 Å². The summed E-state index contributed by atoms with van der Waals surface area (Å²) in [6.07, 6.45) is 0. The van der Waals surface area contributed by atoms with Gasteiger partial charge in [0.25, 0.3) is 0 Å². The van der Waals surface area contributed by atoms with Crippen LogP contribution in [0.1, 0.15) is 11.1 Å². The molecular formula is C15H15ClO. The third kappa shape index (κ3) is 2.68. The smallest absolute Gasteiger partial charge is 0.0713 e. The van der Waals surface area contributed by atoms with Crippen LogP contribution in [0.15, 0.2) is 42.5 Å². The number of halogens is 1. The maximum absolute atomic E-state index is 6.26. The van der Waals surface area contributed by atoms with E-state index in [1.807, 2.05) is 18.2 Å². The maximum atomic E-state index is 6.26. The normalized spacial score (nSPS) is 10.5. The predicted octanol–water partition coefficient (Wildman–Crippen LogP) is 4.46. The molecule has 0 atom stereocenters. The van der Waals surface area contributed by atoms with Crippen LogP contribution in [-0.4, -0.2) is 7.11 Å². The van der Waals surface area contributed by atoms with Crippen molar-refractivity contribution < 1.29 is 4.74 Å². The third-order valence-electron chi connectivity index (χ3n) is 2.75. The molecule has 0 aliphatic rings. The molecule has 88 valence electrons. The highest BCUT2D eigenvalue weighted by Gasteiger charge is 2.06. The van der Waals surface area contributed by atoms with Crippen molar-refractivity contribution in [3.8, 4) is 11.1 Å². The van der Waals surface area contributed by atoms with E-state index in [2.05, 4.69) is 31.2 Å². The fraction of sp³-hybridized carbons (Fsp3) is 0.200. The Morgan fingerprint density at radius 2 is 1.88 bits per heavy atom. The van der Waals surface area contributed by atoms with E-state index in [9.17, 15) is 0 Å².